The molecule has 0 radical (unpaired) electrons. The van der Waals surface area contributed by atoms with Crippen molar-refractivity contribution in [1.82, 2.24) is 0 Å². The summed E-state index contributed by atoms with van der Waals surface area (Å²) in [7, 11) is 0. The molecule has 0 spiro atoms. The van der Waals surface area contributed by atoms with E-state index in [9.17, 15) is 9.59 Å². The van der Waals surface area contributed by atoms with Crippen LogP contribution in [0, 0.1) is 0 Å². The Morgan fingerprint density at radius 3 is 1.91 bits per heavy atom. The molecule has 2 nitrogen and oxygen atoms in total. The van der Waals surface area contributed by atoms with Gasteiger partial charge in [0.05, 0.1) is 0 Å². The van der Waals surface area contributed by atoms with Crippen LogP contribution in [0.3, 0.4) is 0 Å². The molecule has 1 saturated carbocycles. The van der Waals surface area contributed by atoms with Crippen LogP contribution in [0.15, 0.2) is 11.0 Å². The minimum absolute atomic E-state index is 0. The maximum atomic E-state index is 10.9. The van der Waals surface area contributed by atoms with Crippen molar-refractivity contribution in [2.45, 2.75) is 19.3 Å². The van der Waals surface area contributed by atoms with Crippen LogP contribution in [0.4, 0.5) is 0 Å². The van der Waals surface area contributed by atoms with Gasteiger partial charge in [0.25, 0.3) is 0 Å². The summed E-state index contributed by atoms with van der Waals surface area (Å²) in [6.45, 7) is 0. The van der Waals surface area contributed by atoms with Gasteiger partial charge in [0, 0.05) is 18.4 Å². The molecule has 11 heavy (non-hydrogen) atoms. The van der Waals surface area contributed by atoms with Gasteiger partial charge in [0.1, 0.15) is 0 Å². The summed E-state index contributed by atoms with van der Waals surface area (Å²) in [4.78, 5) is 21.8. The molecule has 0 unspecified atom stereocenters. The first-order valence-corrected chi connectivity index (χ1v) is 3.61. The first-order valence-electron chi connectivity index (χ1n) is 3.14. The third-order valence-corrected chi connectivity index (χ3v) is 1.76. The molecule has 1 rings (SSSR count). The maximum Gasteiger partial charge on any atom is 1.00 e. The molecule has 0 aliphatic heterocycles. The second-order valence-electron chi connectivity index (χ2n) is 2.23. The van der Waals surface area contributed by atoms with E-state index in [0.717, 1.165) is 0 Å². The number of carbonyl (C=O) groups excluding carboxylic acids is 2. The van der Waals surface area contributed by atoms with E-state index in [-0.39, 0.29) is 39.5 Å². The minimum Gasteiger partial charge on any atom is -0.787 e. The van der Waals surface area contributed by atoms with Crippen LogP contribution in [-0.4, -0.2) is 11.6 Å². The van der Waals surface area contributed by atoms with Crippen LogP contribution in [0.25, 0.3) is 0 Å². The summed E-state index contributed by atoms with van der Waals surface area (Å²) in [5.74, 6) is -0.183. The van der Waals surface area contributed by atoms with Crippen LogP contribution in [0.1, 0.15) is 19.3 Å². The predicted octanol–water partition coefficient (Wildman–Crippen LogP) is 0.737. The van der Waals surface area contributed by atoms with Crippen LogP contribution in [-0.2, 0) is 44.6 Å². The molecule has 1 fully saturated rings. The van der Waals surface area contributed by atoms with E-state index in [1.807, 2.05) is 0 Å². The fourth-order valence-corrected chi connectivity index (χ4v) is 1.23. The molecule has 0 amide bonds. The Morgan fingerprint density at radius 1 is 1.18 bits per heavy atom. The van der Waals surface area contributed by atoms with Crippen molar-refractivity contribution in [2.75, 3.05) is 0 Å². The van der Waals surface area contributed by atoms with Gasteiger partial charge in [-0.1, -0.05) is 0 Å². The van der Waals surface area contributed by atoms with Crippen molar-refractivity contribution in [3.05, 3.63) is 11.0 Å². The van der Waals surface area contributed by atoms with Crippen LogP contribution in [0.5, 0.6) is 0 Å². The smallest absolute Gasteiger partial charge is 0.787 e. The van der Waals surface area contributed by atoms with Gasteiger partial charge in [-0.3, -0.25) is 9.59 Å². The van der Waals surface area contributed by atoms with Crippen molar-refractivity contribution in [3.8, 4) is 0 Å². The number of allylic oxidation sites excluding steroid dienone is 1. The summed E-state index contributed by atoms with van der Waals surface area (Å²) < 4.78 is 0. The monoisotopic (exact) mass is 352 g/mol. The zero-order chi connectivity index (χ0) is 7.56. The number of carbonyl (C=O) groups is 2. The molecular weight excluding hydrogens is 345 g/mol. The number of hydrogen-bond donors (Lipinski definition) is 0. The van der Waals surface area contributed by atoms with Crippen molar-refractivity contribution in [3.63, 3.8) is 0 Å². The molecule has 0 aromatic carbocycles. The third-order valence-electron chi connectivity index (χ3n) is 1.53. The second-order valence-corrected chi connectivity index (χ2v) is 2.47. The van der Waals surface area contributed by atoms with E-state index in [0.29, 0.717) is 19.3 Å². The number of ketones is 2. The Kier molecular flexibility index (Phi) is 4.84. The van der Waals surface area contributed by atoms with Crippen LogP contribution >= 0.6 is 0 Å². The molecular formula is C7H7AuO2S. The van der Waals surface area contributed by atoms with E-state index >= 15 is 0 Å². The molecule has 0 heterocycles. The van der Waals surface area contributed by atoms with Crippen molar-refractivity contribution in [1.29, 1.82) is 0 Å². The first-order chi connectivity index (χ1) is 4.75. The average molecular weight is 352 g/mol. The maximum absolute atomic E-state index is 10.9. The SMILES string of the molecule is O=C1CCCC(=O)C1=C[S-].[Au+]. The quantitative estimate of drug-likeness (QED) is 0.279. The Morgan fingerprint density at radius 2 is 1.64 bits per heavy atom. The van der Waals surface area contributed by atoms with Gasteiger partial charge < -0.3 is 12.6 Å². The zero-order valence-corrected chi connectivity index (χ0v) is 8.71. The van der Waals surface area contributed by atoms with E-state index in [1.165, 1.54) is 5.41 Å². The largest absolute Gasteiger partial charge is 1.00 e. The Balaban J connectivity index is 0.000001000. The van der Waals surface area contributed by atoms with Crippen molar-refractivity contribution in [2.24, 2.45) is 0 Å². The summed E-state index contributed by atoms with van der Waals surface area (Å²) in [5.41, 5.74) is 0.223. The molecule has 1 aliphatic carbocycles. The van der Waals surface area contributed by atoms with Crippen LogP contribution < -0.4 is 0 Å². The van der Waals surface area contributed by atoms with Crippen LogP contribution in [0.2, 0.25) is 0 Å². The van der Waals surface area contributed by atoms with Gasteiger partial charge in [-0.05, 0) is 6.42 Å². The molecule has 64 valence electrons. The number of hydrogen-bond acceptors (Lipinski definition) is 3. The van der Waals surface area contributed by atoms with E-state index < -0.39 is 0 Å². The van der Waals surface area contributed by atoms with E-state index in [2.05, 4.69) is 12.6 Å². The second kappa shape index (κ2) is 4.83. The van der Waals surface area contributed by atoms with Crippen molar-refractivity contribution < 1.29 is 32.0 Å². The third kappa shape index (κ3) is 2.52. The fourth-order valence-electron chi connectivity index (χ4n) is 0.966. The summed E-state index contributed by atoms with van der Waals surface area (Å²) in [6, 6.07) is 0. The van der Waals surface area contributed by atoms with Gasteiger partial charge in [-0.25, -0.2) is 0 Å². The Bertz CT molecular complexity index is 192. The van der Waals surface area contributed by atoms with Gasteiger partial charge >= 0.3 is 22.4 Å². The predicted molar refractivity (Wildman–Crippen MR) is 39.3 cm³/mol. The Labute approximate surface area is 86.3 Å². The summed E-state index contributed by atoms with van der Waals surface area (Å²) in [6.07, 6.45) is 1.65. The van der Waals surface area contributed by atoms with Gasteiger partial charge in [0.2, 0.25) is 0 Å². The molecule has 0 atom stereocenters. The normalized spacial score (nSPS) is 17.6. The molecule has 0 aromatic rings. The van der Waals surface area contributed by atoms with E-state index in [4.69, 9.17) is 0 Å². The minimum atomic E-state index is -0.0914. The van der Waals surface area contributed by atoms with E-state index in [1.54, 1.807) is 0 Å². The first kappa shape index (κ1) is 11.0. The molecule has 0 aromatic heterocycles. The van der Waals surface area contributed by atoms with Gasteiger partial charge in [-0.15, -0.1) is 0 Å². The molecule has 4 heteroatoms. The zero-order valence-electron chi connectivity index (χ0n) is 5.72. The molecule has 0 bridgehead atoms. The standard InChI is InChI=1S/C7H8O2S.Au/c8-6-2-1-3-7(9)5(6)4-10;/h4,10H,1-3H2;/q;+1/p-1. The molecule has 1 aliphatic rings. The molecule has 0 N–H and O–H groups in total. The number of rotatable bonds is 0. The molecule has 0 saturated heterocycles. The van der Waals surface area contributed by atoms with Gasteiger partial charge in [0.15, 0.2) is 11.6 Å². The number of Topliss-reactive ketones (excluding diaryl/α,β-unsaturated/α-hetero) is 2. The van der Waals surface area contributed by atoms with Gasteiger partial charge in [-0.2, -0.15) is 5.41 Å². The summed E-state index contributed by atoms with van der Waals surface area (Å²) in [5, 5.41) is 1.20. The Hall–Kier alpha value is 0.0403. The summed E-state index contributed by atoms with van der Waals surface area (Å²) >= 11 is 4.52. The average Bonchev–Trinajstić information content (AvgIpc) is 1.88. The van der Waals surface area contributed by atoms with Crippen molar-refractivity contribution >= 4 is 24.2 Å². The fraction of sp³-hybridized carbons (Fsp3) is 0.429. The topological polar surface area (TPSA) is 34.1 Å².